The van der Waals surface area contributed by atoms with Gasteiger partial charge < -0.3 is 5.11 Å². The van der Waals surface area contributed by atoms with Crippen molar-refractivity contribution in [1.82, 2.24) is 9.61 Å². The van der Waals surface area contributed by atoms with Crippen LogP contribution in [0.5, 0.6) is 0 Å². The molecule has 0 spiro atoms. The number of rotatable bonds is 1. The summed E-state index contributed by atoms with van der Waals surface area (Å²) >= 11 is 1.45. The van der Waals surface area contributed by atoms with Crippen molar-refractivity contribution in [3.63, 3.8) is 0 Å². The van der Waals surface area contributed by atoms with Crippen LogP contribution in [0.2, 0.25) is 0 Å². The van der Waals surface area contributed by atoms with E-state index in [2.05, 4.69) is 10.4 Å². The fourth-order valence-electron chi connectivity index (χ4n) is 1.14. The van der Waals surface area contributed by atoms with Gasteiger partial charge in [0.25, 0.3) is 0 Å². The molecular formula is C7H7N3O2S. The zero-order valence-corrected chi connectivity index (χ0v) is 7.63. The standard InChI is InChI=1S/C7H7N3O2S/c1-4-5(8-7(11)12)6-10(9-4)2-3-13-6/h2-3,8H,1H3,(H,11,12). The molecule has 0 aliphatic rings. The highest BCUT2D eigenvalue weighted by atomic mass is 32.1. The molecule has 13 heavy (non-hydrogen) atoms. The van der Waals surface area contributed by atoms with Gasteiger partial charge in [-0.3, -0.25) is 5.32 Å². The second-order valence-electron chi connectivity index (χ2n) is 2.54. The van der Waals surface area contributed by atoms with Gasteiger partial charge in [-0.25, -0.2) is 9.31 Å². The van der Waals surface area contributed by atoms with Crippen LogP contribution in [0.4, 0.5) is 10.5 Å². The van der Waals surface area contributed by atoms with E-state index in [1.807, 2.05) is 5.38 Å². The number of nitrogens with zero attached hydrogens (tertiary/aromatic N) is 2. The van der Waals surface area contributed by atoms with Crippen molar-refractivity contribution in [3.8, 4) is 0 Å². The van der Waals surface area contributed by atoms with Crippen LogP contribution in [-0.4, -0.2) is 20.8 Å². The number of hydrogen-bond donors (Lipinski definition) is 2. The third-order valence-corrected chi connectivity index (χ3v) is 2.53. The molecule has 0 aliphatic carbocycles. The average molecular weight is 197 g/mol. The van der Waals surface area contributed by atoms with Gasteiger partial charge in [-0.1, -0.05) is 0 Å². The molecule has 1 amide bonds. The summed E-state index contributed by atoms with van der Waals surface area (Å²) in [4.78, 5) is 11.3. The van der Waals surface area contributed by atoms with Crippen LogP contribution in [0.25, 0.3) is 4.83 Å². The highest BCUT2D eigenvalue weighted by Crippen LogP contribution is 2.25. The molecule has 0 saturated carbocycles. The quantitative estimate of drug-likeness (QED) is 0.732. The Balaban J connectivity index is 2.57. The van der Waals surface area contributed by atoms with Crippen molar-refractivity contribution >= 4 is 27.9 Å². The van der Waals surface area contributed by atoms with E-state index in [0.29, 0.717) is 11.4 Å². The van der Waals surface area contributed by atoms with E-state index in [1.165, 1.54) is 11.3 Å². The van der Waals surface area contributed by atoms with Crippen LogP contribution in [-0.2, 0) is 0 Å². The molecular weight excluding hydrogens is 190 g/mol. The number of fused-ring (bicyclic) bond motifs is 1. The third kappa shape index (κ3) is 1.25. The van der Waals surface area contributed by atoms with Crippen LogP contribution >= 0.6 is 11.3 Å². The molecule has 2 heterocycles. The summed E-state index contributed by atoms with van der Waals surface area (Å²) in [5.41, 5.74) is 1.26. The monoisotopic (exact) mass is 197 g/mol. The van der Waals surface area contributed by atoms with Crippen molar-refractivity contribution in [2.24, 2.45) is 0 Å². The lowest BCUT2D eigenvalue weighted by atomic mass is 10.4. The van der Waals surface area contributed by atoms with Crippen molar-refractivity contribution in [2.75, 3.05) is 5.32 Å². The first-order valence-electron chi connectivity index (χ1n) is 3.61. The van der Waals surface area contributed by atoms with E-state index >= 15 is 0 Å². The van der Waals surface area contributed by atoms with Gasteiger partial charge in [0, 0.05) is 11.6 Å². The van der Waals surface area contributed by atoms with E-state index in [1.54, 1.807) is 17.6 Å². The zero-order chi connectivity index (χ0) is 9.42. The predicted molar refractivity (Wildman–Crippen MR) is 49.5 cm³/mol. The number of nitrogens with one attached hydrogen (secondary N) is 1. The van der Waals surface area contributed by atoms with Gasteiger partial charge in [-0.2, -0.15) is 5.10 Å². The maximum atomic E-state index is 10.4. The molecule has 2 N–H and O–H groups in total. The fraction of sp³-hybridized carbons (Fsp3) is 0.143. The largest absolute Gasteiger partial charge is 0.465 e. The minimum Gasteiger partial charge on any atom is -0.465 e. The van der Waals surface area contributed by atoms with Gasteiger partial charge >= 0.3 is 6.09 Å². The Bertz CT molecular complexity index is 459. The molecule has 0 unspecified atom stereocenters. The molecule has 0 saturated heterocycles. The smallest absolute Gasteiger partial charge is 0.409 e. The summed E-state index contributed by atoms with van der Waals surface area (Å²) in [6.45, 7) is 1.77. The number of thiazole rings is 1. The summed E-state index contributed by atoms with van der Waals surface area (Å²) in [6, 6.07) is 0. The highest BCUT2D eigenvalue weighted by molar-refractivity contribution is 7.16. The summed E-state index contributed by atoms with van der Waals surface area (Å²) in [6.07, 6.45) is 0.728. The molecule has 2 aromatic rings. The van der Waals surface area contributed by atoms with E-state index < -0.39 is 6.09 Å². The van der Waals surface area contributed by atoms with Crippen molar-refractivity contribution in [3.05, 3.63) is 17.3 Å². The number of anilines is 1. The van der Waals surface area contributed by atoms with Crippen molar-refractivity contribution in [1.29, 1.82) is 0 Å². The SMILES string of the molecule is Cc1nn2ccsc2c1NC(=O)O. The summed E-state index contributed by atoms with van der Waals surface area (Å²) in [5.74, 6) is 0. The van der Waals surface area contributed by atoms with Crippen LogP contribution in [0.1, 0.15) is 5.69 Å². The van der Waals surface area contributed by atoms with Gasteiger partial charge in [0.05, 0.1) is 5.69 Å². The van der Waals surface area contributed by atoms with E-state index in [-0.39, 0.29) is 0 Å². The van der Waals surface area contributed by atoms with Crippen LogP contribution in [0.3, 0.4) is 0 Å². The maximum Gasteiger partial charge on any atom is 0.409 e. The van der Waals surface area contributed by atoms with E-state index in [9.17, 15) is 4.79 Å². The molecule has 0 atom stereocenters. The first-order chi connectivity index (χ1) is 6.18. The lowest BCUT2D eigenvalue weighted by Crippen LogP contribution is -2.07. The lowest BCUT2D eigenvalue weighted by molar-refractivity contribution is 0.210. The Hall–Kier alpha value is -1.56. The zero-order valence-electron chi connectivity index (χ0n) is 6.81. The van der Waals surface area contributed by atoms with Gasteiger partial charge in [-0.15, -0.1) is 11.3 Å². The molecule has 0 aromatic carbocycles. The first kappa shape index (κ1) is 8.06. The predicted octanol–water partition coefficient (Wildman–Crippen LogP) is 1.79. The number of hydrogen-bond acceptors (Lipinski definition) is 3. The minimum atomic E-state index is -1.06. The molecule has 2 aromatic heterocycles. The molecule has 0 bridgehead atoms. The first-order valence-corrected chi connectivity index (χ1v) is 4.49. The van der Waals surface area contributed by atoms with Crippen LogP contribution < -0.4 is 5.32 Å². The Morgan fingerprint density at radius 3 is 3.23 bits per heavy atom. The van der Waals surface area contributed by atoms with Crippen molar-refractivity contribution in [2.45, 2.75) is 6.92 Å². The molecule has 2 rings (SSSR count). The summed E-state index contributed by atoms with van der Waals surface area (Å²) in [5, 5.41) is 16.9. The topological polar surface area (TPSA) is 66.6 Å². The number of carbonyl (C=O) groups is 1. The second-order valence-corrected chi connectivity index (χ2v) is 3.44. The molecule has 0 radical (unpaired) electrons. The van der Waals surface area contributed by atoms with Crippen LogP contribution in [0, 0.1) is 6.92 Å². The molecule has 5 nitrogen and oxygen atoms in total. The van der Waals surface area contributed by atoms with Gasteiger partial charge in [0.1, 0.15) is 10.5 Å². The van der Waals surface area contributed by atoms with E-state index in [4.69, 9.17) is 5.11 Å². The normalized spacial score (nSPS) is 10.5. The van der Waals surface area contributed by atoms with E-state index in [0.717, 1.165) is 4.83 Å². The maximum absolute atomic E-state index is 10.4. The Morgan fingerprint density at radius 1 is 1.77 bits per heavy atom. The molecule has 6 heteroatoms. The lowest BCUT2D eigenvalue weighted by Gasteiger charge is -1.95. The van der Waals surface area contributed by atoms with Gasteiger partial charge in [-0.05, 0) is 6.92 Å². The number of carboxylic acid groups (broad SMARTS) is 1. The molecule has 68 valence electrons. The van der Waals surface area contributed by atoms with Gasteiger partial charge in [0.15, 0.2) is 0 Å². The fourth-order valence-corrected chi connectivity index (χ4v) is 1.97. The average Bonchev–Trinajstić information content (AvgIpc) is 2.55. The highest BCUT2D eigenvalue weighted by Gasteiger charge is 2.11. The second kappa shape index (κ2) is 2.74. The summed E-state index contributed by atoms with van der Waals surface area (Å²) < 4.78 is 1.66. The molecule has 0 aliphatic heterocycles. The Morgan fingerprint density at radius 2 is 2.54 bits per heavy atom. The third-order valence-electron chi connectivity index (χ3n) is 1.66. The Labute approximate surface area is 77.6 Å². The molecule has 0 fully saturated rings. The van der Waals surface area contributed by atoms with Gasteiger partial charge in [0.2, 0.25) is 0 Å². The van der Waals surface area contributed by atoms with Crippen molar-refractivity contribution < 1.29 is 9.90 Å². The number of aromatic nitrogens is 2. The minimum absolute atomic E-state index is 0.572. The summed E-state index contributed by atoms with van der Waals surface area (Å²) in [7, 11) is 0. The Kier molecular flexibility index (Phi) is 1.70. The van der Waals surface area contributed by atoms with Crippen LogP contribution in [0.15, 0.2) is 11.6 Å². The number of aryl methyl sites for hydroxylation is 1. The number of amides is 1.